The molecule has 0 saturated carbocycles. The highest BCUT2D eigenvalue weighted by molar-refractivity contribution is 7.98. The summed E-state index contributed by atoms with van der Waals surface area (Å²) in [6.07, 6.45) is 1.88. The Bertz CT molecular complexity index is 1000. The van der Waals surface area contributed by atoms with E-state index in [1.165, 1.54) is 11.8 Å². The summed E-state index contributed by atoms with van der Waals surface area (Å²) in [5, 5.41) is 18.6. The van der Waals surface area contributed by atoms with E-state index in [2.05, 4.69) is 4.98 Å². The molecule has 0 spiro atoms. The first-order valence-electron chi connectivity index (χ1n) is 8.92. The van der Waals surface area contributed by atoms with Gasteiger partial charge in [-0.05, 0) is 40.8 Å². The first kappa shape index (κ1) is 20.6. The van der Waals surface area contributed by atoms with E-state index in [1.54, 1.807) is 18.3 Å². The molecular formula is C22H20N2O4S. The molecule has 0 aliphatic carbocycles. The van der Waals surface area contributed by atoms with Crippen LogP contribution in [-0.2, 0) is 17.0 Å². The van der Waals surface area contributed by atoms with E-state index in [0.717, 1.165) is 22.3 Å². The van der Waals surface area contributed by atoms with Crippen LogP contribution in [0.2, 0.25) is 0 Å². The molecule has 3 rings (SSSR count). The molecule has 1 heterocycles. The lowest BCUT2D eigenvalue weighted by Crippen LogP contribution is -2.32. The molecule has 7 heteroatoms. The van der Waals surface area contributed by atoms with Gasteiger partial charge in [-0.25, -0.2) is 9.78 Å². The fourth-order valence-electron chi connectivity index (χ4n) is 2.79. The van der Waals surface area contributed by atoms with E-state index in [0.29, 0.717) is 10.8 Å². The molecule has 1 atom stereocenters. The molecule has 0 fully saturated rings. The standard InChI is InChI=1S/C22H20N2O4S/c23-19(22(27)28)12-14-3-7-16(8-4-14)17-9-5-15(6-10-17)13-29-20-18(21(25)26)2-1-11-24-20/h1-11,19H,12-13,23H2,(H,25,26)(H,27,28). The van der Waals surface area contributed by atoms with Gasteiger partial charge < -0.3 is 15.9 Å². The minimum absolute atomic E-state index is 0.205. The zero-order valence-electron chi connectivity index (χ0n) is 15.5. The summed E-state index contributed by atoms with van der Waals surface area (Å²) in [6.45, 7) is 0. The van der Waals surface area contributed by atoms with Crippen LogP contribution in [0.3, 0.4) is 0 Å². The van der Waals surface area contributed by atoms with Gasteiger partial charge in [0.15, 0.2) is 0 Å². The lowest BCUT2D eigenvalue weighted by Gasteiger charge is -2.09. The van der Waals surface area contributed by atoms with Crippen molar-refractivity contribution in [1.29, 1.82) is 0 Å². The van der Waals surface area contributed by atoms with Gasteiger partial charge in [-0.2, -0.15) is 0 Å². The third kappa shape index (κ3) is 5.43. The number of carbonyl (C=O) groups is 2. The van der Waals surface area contributed by atoms with Crippen molar-refractivity contribution in [2.24, 2.45) is 5.73 Å². The Morgan fingerprint density at radius 1 is 0.931 bits per heavy atom. The number of aliphatic carboxylic acids is 1. The lowest BCUT2D eigenvalue weighted by molar-refractivity contribution is -0.138. The Kier molecular flexibility index (Phi) is 6.64. The third-order valence-electron chi connectivity index (χ3n) is 4.39. The maximum Gasteiger partial charge on any atom is 0.338 e. The zero-order valence-corrected chi connectivity index (χ0v) is 16.3. The number of nitrogens with zero attached hydrogens (tertiary/aromatic N) is 1. The van der Waals surface area contributed by atoms with Crippen LogP contribution < -0.4 is 5.73 Å². The summed E-state index contributed by atoms with van der Waals surface area (Å²) >= 11 is 1.39. The maximum atomic E-state index is 11.3. The van der Waals surface area contributed by atoms with E-state index in [1.807, 2.05) is 48.5 Å². The van der Waals surface area contributed by atoms with Crippen LogP contribution in [0, 0.1) is 0 Å². The summed E-state index contributed by atoms with van der Waals surface area (Å²) in [7, 11) is 0. The summed E-state index contributed by atoms with van der Waals surface area (Å²) in [6, 6.07) is 17.9. The molecular weight excluding hydrogens is 388 g/mol. The Hall–Kier alpha value is -3.16. The molecule has 2 aromatic carbocycles. The van der Waals surface area contributed by atoms with Gasteiger partial charge in [-0.1, -0.05) is 48.5 Å². The van der Waals surface area contributed by atoms with Gasteiger partial charge in [0.2, 0.25) is 0 Å². The largest absolute Gasteiger partial charge is 0.480 e. The predicted octanol–water partition coefficient (Wildman–Crippen LogP) is 3.69. The van der Waals surface area contributed by atoms with Crippen molar-refractivity contribution in [2.45, 2.75) is 23.2 Å². The van der Waals surface area contributed by atoms with E-state index in [-0.39, 0.29) is 12.0 Å². The summed E-state index contributed by atoms with van der Waals surface area (Å²) in [4.78, 5) is 26.3. The van der Waals surface area contributed by atoms with Gasteiger partial charge in [0.25, 0.3) is 0 Å². The second-order valence-electron chi connectivity index (χ2n) is 6.49. The molecule has 0 aliphatic heterocycles. The van der Waals surface area contributed by atoms with Crippen LogP contribution in [-0.4, -0.2) is 33.2 Å². The molecule has 0 aliphatic rings. The van der Waals surface area contributed by atoms with Crippen molar-refractivity contribution in [3.63, 3.8) is 0 Å². The number of carboxylic acids is 2. The molecule has 0 bridgehead atoms. The quantitative estimate of drug-likeness (QED) is 0.487. The summed E-state index contributed by atoms with van der Waals surface area (Å²) in [5.74, 6) is -1.38. The van der Waals surface area contributed by atoms with Crippen LogP contribution in [0.5, 0.6) is 0 Å². The van der Waals surface area contributed by atoms with Gasteiger partial charge in [-0.15, -0.1) is 11.8 Å². The molecule has 6 nitrogen and oxygen atoms in total. The fourth-order valence-corrected chi connectivity index (χ4v) is 3.73. The first-order chi connectivity index (χ1) is 13.9. The lowest BCUT2D eigenvalue weighted by atomic mass is 10.0. The van der Waals surface area contributed by atoms with Crippen LogP contribution in [0.4, 0.5) is 0 Å². The van der Waals surface area contributed by atoms with Crippen LogP contribution in [0.15, 0.2) is 71.9 Å². The highest BCUT2D eigenvalue weighted by atomic mass is 32.2. The molecule has 29 heavy (non-hydrogen) atoms. The second kappa shape index (κ2) is 9.36. The van der Waals surface area contributed by atoms with E-state index in [9.17, 15) is 14.7 Å². The average molecular weight is 408 g/mol. The number of benzene rings is 2. The molecule has 0 radical (unpaired) electrons. The predicted molar refractivity (Wildman–Crippen MR) is 112 cm³/mol. The monoisotopic (exact) mass is 408 g/mol. The van der Waals surface area contributed by atoms with Crippen molar-refractivity contribution in [2.75, 3.05) is 0 Å². The molecule has 0 amide bonds. The van der Waals surface area contributed by atoms with E-state index >= 15 is 0 Å². The third-order valence-corrected chi connectivity index (χ3v) is 5.47. The van der Waals surface area contributed by atoms with Gasteiger partial charge in [-0.3, -0.25) is 4.79 Å². The Morgan fingerprint density at radius 2 is 1.52 bits per heavy atom. The SMILES string of the molecule is NC(Cc1ccc(-c2ccc(CSc3ncccc3C(=O)O)cc2)cc1)C(=O)O. The van der Waals surface area contributed by atoms with Gasteiger partial charge in [0, 0.05) is 11.9 Å². The number of carboxylic acid groups (broad SMARTS) is 2. The fraction of sp³-hybridized carbons (Fsp3) is 0.136. The Balaban J connectivity index is 1.64. The van der Waals surface area contributed by atoms with Gasteiger partial charge in [0.05, 0.1) is 5.56 Å². The Labute approximate surface area is 172 Å². The van der Waals surface area contributed by atoms with Crippen LogP contribution in [0.1, 0.15) is 21.5 Å². The first-order valence-corrected chi connectivity index (χ1v) is 9.90. The molecule has 1 unspecified atom stereocenters. The van der Waals surface area contributed by atoms with Gasteiger partial charge >= 0.3 is 11.9 Å². The molecule has 4 N–H and O–H groups in total. The number of pyridine rings is 1. The van der Waals surface area contributed by atoms with Crippen molar-refractivity contribution < 1.29 is 19.8 Å². The molecule has 148 valence electrons. The smallest absolute Gasteiger partial charge is 0.338 e. The summed E-state index contributed by atoms with van der Waals surface area (Å²) in [5.41, 5.74) is 9.78. The minimum atomic E-state index is -1.01. The number of rotatable bonds is 8. The topological polar surface area (TPSA) is 114 Å². The normalized spacial score (nSPS) is 11.8. The number of nitrogens with two attached hydrogens (primary N) is 1. The van der Waals surface area contributed by atoms with Crippen molar-refractivity contribution in [3.05, 3.63) is 83.6 Å². The van der Waals surface area contributed by atoms with Crippen molar-refractivity contribution in [3.8, 4) is 11.1 Å². The number of hydrogen-bond acceptors (Lipinski definition) is 5. The second-order valence-corrected chi connectivity index (χ2v) is 7.46. The molecule has 3 aromatic rings. The number of aromatic carboxylic acids is 1. The number of thioether (sulfide) groups is 1. The van der Waals surface area contributed by atoms with Crippen LogP contribution >= 0.6 is 11.8 Å². The maximum absolute atomic E-state index is 11.3. The summed E-state index contributed by atoms with van der Waals surface area (Å²) < 4.78 is 0. The number of hydrogen-bond donors (Lipinski definition) is 3. The van der Waals surface area contributed by atoms with E-state index < -0.39 is 18.0 Å². The highest BCUT2D eigenvalue weighted by Crippen LogP contribution is 2.26. The van der Waals surface area contributed by atoms with Gasteiger partial charge in [0.1, 0.15) is 11.1 Å². The van der Waals surface area contributed by atoms with E-state index in [4.69, 9.17) is 10.8 Å². The minimum Gasteiger partial charge on any atom is -0.480 e. The average Bonchev–Trinajstić information content (AvgIpc) is 2.73. The Morgan fingerprint density at radius 3 is 2.07 bits per heavy atom. The molecule has 1 aromatic heterocycles. The molecule has 0 saturated heterocycles. The zero-order chi connectivity index (χ0) is 20.8. The number of aromatic nitrogens is 1. The highest BCUT2D eigenvalue weighted by Gasteiger charge is 2.12. The van der Waals surface area contributed by atoms with Crippen LogP contribution in [0.25, 0.3) is 11.1 Å². The van der Waals surface area contributed by atoms with Crippen molar-refractivity contribution >= 4 is 23.7 Å². The van der Waals surface area contributed by atoms with Crippen molar-refractivity contribution in [1.82, 2.24) is 4.98 Å².